The topological polar surface area (TPSA) is 26.3 Å². The molecule has 0 atom stereocenters. The van der Waals surface area contributed by atoms with Crippen LogP contribution in [0.4, 0.5) is 4.39 Å². The Kier molecular flexibility index (Phi) is 6.13. The predicted octanol–water partition coefficient (Wildman–Crippen LogP) is 5.15. The lowest BCUT2D eigenvalue weighted by atomic mass is 9.93. The Morgan fingerprint density at radius 3 is 2.38 bits per heavy atom. The van der Waals surface area contributed by atoms with Crippen molar-refractivity contribution in [2.24, 2.45) is 5.92 Å². The number of esters is 1. The Hall–Kier alpha value is -1.64. The third-order valence-corrected chi connectivity index (χ3v) is 3.24. The molecule has 0 aliphatic carbocycles. The summed E-state index contributed by atoms with van der Waals surface area (Å²) in [6.07, 6.45) is 1.50. The van der Waals surface area contributed by atoms with Crippen molar-refractivity contribution in [2.45, 2.75) is 53.6 Å². The van der Waals surface area contributed by atoms with Crippen molar-refractivity contribution >= 4 is 11.5 Å². The van der Waals surface area contributed by atoms with Gasteiger partial charge in [-0.1, -0.05) is 20.4 Å². The first-order chi connectivity index (χ1) is 9.72. The van der Waals surface area contributed by atoms with E-state index in [4.69, 9.17) is 4.74 Å². The zero-order valence-electron chi connectivity index (χ0n) is 13.6. The molecule has 0 amide bonds. The van der Waals surface area contributed by atoms with Crippen LogP contribution < -0.4 is 0 Å². The Bertz CT molecular complexity index is 507. The highest BCUT2D eigenvalue weighted by atomic mass is 19.1. The largest absolute Gasteiger partial charge is 0.459 e. The first kappa shape index (κ1) is 17.4. The first-order valence-corrected chi connectivity index (χ1v) is 7.41. The number of halogens is 1. The van der Waals surface area contributed by atoms with Crippen molar-refractivity contribution in [1.29, 1.82) is 0 Å². The fraction of sp³-hybridized carbons (Fsp3) is 0.500. The second-order valence-corrected chi connectivity index (χ2v) is 6.14. The molecule has 0 fully saturated rings. The van der Waals surface area contributed by atoms with E-state index in [0.717, 1.165) is 24.0 Å². The number of allylic oxidation sites excluding steroid dienone is 1. The summed E-state index contributed by atoms with van der Waals surface area (Å²) in [6.45, 7) is 13.6. The predicted molar refractivity (Wildman–Crippen MR) is 84.8 cm³/mol. The monoisotopic (exact) mass is 292 g/mol. The summed E-state index contributed by atoms with van der Waals surface area (Å²) in [4.78, 5) is 11.8. The van der Waals surface area contributed by atoms with Gasteiger partial charge in [-0.25, -0.2) is 9.18 Å². The average molecular weight is 292 g/mol. The number of aryl methyl sites for hydroxylation is 1. The molecule has 0 spiro atoms. The van der Waals surface area contributed by atoms with Gasteiger partial charge in [0.25, 0.3) is 0 Å². The van der Waals surface area contributed by atoms with Crippen LogP contribution in [0.25, 0.3) is 5.57 Å². The lowest BCUT2D eigenvalue weighted by molar-refractivity contribution is 0.0377. The number of rotatable bonds is 6. The van der Waals surface area contributed by atoms with Gasteiger partial charge >= 0.3 is 5.97 Å². The lowest BCUT2D eigenvalue weighted by Gasteiger charge is -2.14. The quantitative estimate of drug-likeness (QED) is 0.678. The molecule has 1 aromatic carbocycles. The van der Waals surface area contributed by atoms with E-state index >= 15 is 0 Å². The van der Waals surface area contributed by atoms with Crippen LogP contribution in [0.2, 0.25) is 0 Å². The SMILES string of the molecule is C=C(CCC(C)C)c1c(C)cc(C(=O)OC(C)C)cc1F. The summed E-state index contributed by atoms with van der Waals surface area (Å²) < 4.78 is 19.4. The summed E-state index contributed by atoms with van der Waals surface area (Å²) in [7, 11) is 0. The van der Waals surface area contributed by atoms with Gasteiger partial charge in [0.1, 0.15) is 5.82 Å². The highest BCUT2D eigenvalue weighted by Crippen LogP contribution is 2.27. The van der Waals surface area contributed by atoms with E-state index in [1.165, 1.54) is 6.07 Å². The second kappa shape index (κ2) is 7.39. The molecule has 0 unspecified atom stereocenters. The molecule has 0 saturated heterocycles. The van der Waals surface area contributed by atoms with Crippen molar-refractivity contribution in [2.75, 3.05) is 0 Å². The summed E-state index contributed by atoms with van der Waals surface area (Å²) in [5.74, 6) is -0.351. The molecule has 0 aliphatic heterocycles. The normalized spacial score (nSPS) is 11.0. The molecular weight excluding hydrogens is 267 g/mol. The van der Waals surface area contributed by atoms with Gasteiger partial charge in [-0.15, -0.1) is 0 Å². The van der Waals surface area contributed by atoms with Gasteiger partial charge in [-0.05, 0) is 62.8 Å². The van der Waals surface area contributed by atoms with Crippen molar-refractivity contribution in [3.63, 3.8) is 0 Å². The standard InChI is InChI=1S/C18H25FO2/c1-11(2)7-8-13(5)17-14(6)9-15(10-16(17)19)18(20)21-12(3)4/h9-12H,5,7-8H2,1-4,6H3. The smallest absolute Gasteiger partial charge is 0.338 e. The van der Waals surface area contributed by atoms with Crippen LogP contribution in [0, 0.1) is 18.7 Å². The fourth-order valence-corrected chi connectivity index (χ4v) is 2.18. The fourth-order valence-electron chi connectivity index (χ4n) is 2.18. The molecule has 1 rings (SSSR count). The maximum absolute atomic E-state index is 14.3. The minimum atomic E-state index is -0.494. The van der Waals surface area contributed by atoms with Crippen LogP contribution >= 0.6 is 0 Å². The number of carbonyl (C=O) groups excluding carboxylic acids is 1. The zero-order chi connectivity index (χ0) is 16.2. The zero-order valence-corrected chi connectivity index (χ0v) is 13.6. The van der Waals surface area contributed by atoms with Gasteiger partial charge in [0.15, 0.2) is 0 Å². The van der Waals surface area contributed by atoms with E-state index in [2.05, 4.69) is 20.4 Å². The molecule has 2 nitrogen and oxygen atoms in total. The van der Waals surface area contributed by atoms with Crippen LogP contribution in [-0.2, 0) is 4.74 Å². The highest BCUT2D eigenvalue weighted by molar-refractivity contribution is 5.90. The Morgan fingerprint density at radius 1 is 1.29 bits per heavy atom. The number of carbonyl (C=O) groups is 1. The summed E-state index contributed by atoms with van der Waals surface area (Å²) >= 11 is 0. The second-order valence-electron chi connectivity index (χ2n) is 6.14. The number of hydrogen-bond donors (Lipinski definition) is 0. The summed E-state index contributed by atoms with van der Waals surface area (Å²) in [5, 5.41) is 0. The minimum absolute atomic E-state index is 0.221. The van der Waals surface area contributed by atoms with Gasteiger partial charge < -0.3 is 4.74 Å². The van der Waals surface area contributed by atoms with E-state index in [-0.39, 0.29) is 11.7 Å². The summed E-state index contributed by atoms with van der Waals surface area (Å²) in [5.41, 5.74) is 2.28. The molecule has 21 heavy (non-hydrogen) atoms. The van der Waals surface area contributed by atoms with Crippen LogP contribution in [0.5, 0.6) is 0 Å². The molecular formula is C18H25FO2. The van der Waals surface area contributed by atoms with Crippen LogP contribution in [0.3, 0.4) is 0 Å². The van der Waals surface area contributed by atoms with Gasteiger partial charge in [0, 0.05) is 5.56 Å². The van der Waals surface area contributed by atoms with Crippen LogP contribution in [-0.4, -0.2) is 12.1 Å². The Morgan fingerprint density at radius 2 is 1.90 bits per heavy atom. The molecule has 0 radical (unpaired) electrons. The maximum atomic E-state index is 14.3. The average Bonchev–Trinajstić information content (AvgIpc) is 2.34. The Labute approximate surface area is 127 Å². The van der Waals surface area contributed by atoms with Crippen molar-refractivity contribution in [3.05, 3.63) is 41.2 Å². The van der Waals surface area contributed by atoms with Crippen LogP contribution in [0.15, 0.2) is 18.7 Å². The van der Waals surface area contributed by atoms with Crippen molar-refractivity contribution in [3.8, 4) is 0 Å². The van der Waals surface area contributed by atoms with E-state index in [0.29, 0.717) is 11.5 Å². The molecule has 0 saturated carbocycles. The van der Waals surface area contributed by atoms with E-state index in [1.54, 1.807) is 26.8 Å². The highest BCUT2D eigenvalue weighted by Gasteiger charge is 2.16. The number of benzene rings is 1. The third-order valence-electron chi connectivity index (χ3n) is 3.24. The summed E-state index contributed by atoms with van der Waals surface area (Å²) in [6, 6.07) is 2.91. The van der Waals surface area contributed by atoms with E-state index in [9.17, 15) is 9.18 Å². The molecule has 116 valence electrons. The van der Waals surface area contributed by atoms with Crippen molar-refractivity contribution < 1.29 is 13.9 Å². The van der Waals surface area contributed by atoms with Crippen LogP contribution in [0.1, 0.15) is 62.0 Å². The van der Waals surface area contributed by atoms with Gasteiger partial charge in [-0.3, -0.25) is 0 Å². The van der Waals surface area contributed by atoms with Gasteiger partial charge in [-0.2, -0.15) is 0 Å². The molecule has 0 N–H and O–H groups in total. The third kappa shape index (κ3) is 5.00. The van der Waals surface area contributed by atoms with Gasteiger partial charge in [0.2, 0.25) is 0 Å². The molecule has 3 heteroatoms. The molecule has 0 bridgehead atoms. The first-order valence-electron chi connectivity index (χ1n) is 7.41. The van der Waals surface area contributed by atoms with Crippen molar-refractivity contribution in [1.82, 2.24) is 0 Å². The Balaban J connectivity index is 3.00. The minimum Gasteiger partial charge on any atom is -0.459 e. The molecule has 1 aromatic rings. The number of hydrogen-bond acceptors (Lipinski definition) is 2. The lowest BCUT2D eigenvalue weighted by Crippen LogP contribution is -2.12. The van der Waals surface area contributed by atoms with E-state index in [1.807, 2.05) is 0 Å². The van der Waals surface area contributed by atoms with E-state index < -0.39 is 11.8 Å². The number of ether oxygens (including phenoxy) is 1. The maximum Gasteiger partial charge on any atom is 0.338 e. The molecule has 0 aromatic heterocycles. The molecule has 0 aliphatic rings. The van der Waals surface area contributed by atoms with Gasteiger partial charge in [0.05, 0.1) is 11.7 Å². The molecule has 0 heterocycles.